The summed E-state index contributed by atoms with van der Waals surface area (Å²) in [6, 6.07) is 6.11. The van der Waals surface area contributed by atoms with Crippen LogP contribution in [-0.4, -0.2) is 23.9 Å². The molecule has 0 atom stereocenters. The standard InChI is InChI=1S/C10H11NO3/c1-14-10(13)6-9(11)7-2-4-8(12)5-3-7/h2-5,11-12H,6H2,1H3. The van der Waals surface area contributed by atoms with Crippen molar-refractivity contribution in [1.82, 2.24) is 0 Å². The van der Waals surface area contributed by atoms with Crippen LogP contribution in [0.2, 0.25) is 0 Å². The van der Waals surface area contributed by atoms with Crippen LogP contribution in [0.4, 0.5) is 0 Å². The summed E-state index contributed by atoms with van der Waals surface area (Å²) in [4.78, 5) is 10.9. The molecule has 0 saturated heterocycles. The summed E-state index contributed by atoms with van der Waals surface area (Å²) in [6.07, 6.45) is -0.0543. The average molecular weight is 193 g/mol. The zero-order valence-electron chi connectivity index (χ0n) is 7.78. The largest absolute Gasteiger partial charge is 0.508 e. The van der Waals surface area contributed by atoms with Crippen LogP contribution in [0.25, 0.3) is 0 Å². The van der Waals surface area contributed by atoms with E-state index < -0.39 is 5.97 Å². The van der Waals surface area contributed by atoms with Gasteiger partial charge in [-0.15, -0.1) is 0 Å². The van der Waals surface area contributed by atoms with E-state index in [1.165, 1.54) is 19.2 Å². The number of benzene rings is 1. The number of phenolic OH excluding ortho intramolecular Hbond substituents is 1. The highest BCUT2D eigenvalue weighted by Crippen LogP contribution is 2.11. The number of hydrogen-bond donors (Lipinski definition) is 2. The van der Waals surface area contributed by atoms with E-state index in [4.69, 9.17) is 10.5 Å². The first-order valence-corrected chi connectivity index (χ1v) is 4.07. The molecule has 0 saturated carbocycles. The van der Waals surface area contributed by atoms with Crippen LogP contribution in [0.3, 0.4) is 0 Å². The van der Waals surface area contributed by atoms with E-state index in [-0.39, 0.29) is 17.9 Å². The van der Waals surface area contributed by atoms with Gasteiger partial charge in [0, 0.05) is 5.71 Å². The Kier molecular flexibility index (Phi) is 3.23. The van der Waals surface area contributed by atoms with Gasteiger partial charge in [0.15, 0.2) is 0 Å². The fourth-order valence-electron chi connectivity index (χ4n) is 0.981. The Bertz CT molecular complexity index is 343. The number of ether oxygens (including phenoxy) is 1. The highest BCUT2D eigenvalue weighted by molar-refractivity contribution is 6.07. The lowest BCUT2D eigenvalue weighted by Crippen LogP contribution is -2.09. The van der Waals surface area contributed by atoms with Crippen molar-refractivity contribution in [2.75, 3.05) is 7.11 Å². The Labute approximate surface area is 81.6 Å². The Morgan fingerprint density at radius 1 is 1.43 bits per heavy atom. The van der Waals surface area contributed by atoms with E-state index in [1.54, 1.807) is 12.1 Å². The second-order valence-corrected chi connectivity index (χ2v) is 2.78. The van der Waals surface area contributed by atoms with E-state index in [0.717, 1.165) is 0 Å². The van der Waals surface area contributed by atoms with Crippen LogP contribution in [0.5, 0.6) is 5.75 Å². The Hall–Kier alpha value is -1.84. The van der Waals surface area contributed by atoms with Gasteiger partial charge in [-0.2, -0.15) is 0 Å². The number of aromatic hydroxyl groups is 1. The van der Waals surface area contributed by atoms with Gasteiger partial charge in [-0.05, 0) is 29.8 Å². The van der Waals surface area contributed by atoms with Crippen LogP contribution in [0.15, 0.2) is 24.3 Å². The zero-order chi connectivity index (χ0) is 10.6. The van der Waals surface area contributed by atoms with E-state index >= 15 is 0 Å². The summed E-state index contributed by atoms with van der Waals surface area (Å²) in [7, 11) is 1.28. The van der Waals surface area contributed by atoms with Gasteiger partial charge in [0.2, 0.25) is 0 Å². The van der Waals surface area contributed by atoms with Gasteiger partial charge in [-0.1, -0.05) is 0 Å². The van der Waals surface area contributed by atoms with E-state index in [1.807, 2.05) is 0 Å². The Balaban J connectivity index is 2.70. The summed E-state index contributed by atoms with van der Waals surface area (Å²) in [6.45, 7) is 0. The molecule has 0 aromatic heterocycles. The van der Waals surface area contributed by atoms with Crippen LogP contribution >= 0.6 is 0 Å². The minimum absolute atomic E-state index is 0.0543. The molecule has 0 fully saturated rings. The number of carbonyl (C=O) groups excluding carboxylic acids is 1. The van der Waals surface area contributed by atoms with Crippen molar-refractivity contribution in [3.8, 4) is 5.75 Å². The summed E-state index contributed by atoms with van der Waals surface area (Å²) in [5.41, 5.74) is 0.782. The van der Waals surface area contributed by atoms with Crippen molar-refractivity contribution in [3.63, 3.8) is 0 Å². The van der Waals surface area contributed by atoms with Crippen LogP contribution in [-0.2, 0) is 9.53 Å². The number of phenols is 1. The second kappa shape index (κ2) is 4.41. The molecule has 2 N–H and O–H groups in total. The molecule has 1 aromatic carbocycles. The Morgan fingerprint density at radius 2 is 2.00 bits per heavy atom. The minimum Gasteiger partial charge on any atom is -0.508 e. The predicted octanol–water partition coefficient (Wildman–Crippen LogP) is 1.32. The van der Waals surface area contributed by atoms with Crippen molar-refractivity contribution in [3.05, 3.63) is 29.8 Å². The molecule has 1 rings (SSSR count). The second-order valence-electron chi connectivity index (χ2n) is 2.78. The van der Waals surface area contributed by atoms with Crippen molar-refractivity contribution < 1.29 is 14.6 Å². The zero-order valence-corrected chi connectivity index (χ0v) is 7.78. The highest BCUT2D eigenvalue weighted by atomic mass is 16.5. The molecule has 4 nitrogen and oxygen atoms in total. The molecule has 0 aliphatic carbocycles. The minimum atomic E-state index is -0.442. The van der Waals surface area contributed by atoms with Gasteiger partial charge in [0.25, 0.3) is 0 Å². The van der Waals surface area contributed by atoms with Crippen LogP contribution in [0.1, 0.15) is 12.0 Å². The third-order valence-electron chi connectivity index (χ3n) is 1.76. The number of methoxy groups -OCH3 is 1. The van der Waals surface area contributed by atoms with Crippen LogP contribution < -0.4 is 0 Å². The SMILES string of the molecule is COC(=O)CC(=N)c1ccc(O)cc1. The normalized spacial score (nSPS) is 9.50. The van der Waals surface area contributed by atoms with Crippen LogP contribution in [0, 0.1) is 5.41 Å². The molecule has 0 spiro atoms. The van der Waals surface area contributed by atoms with Crippen molar-refractivity contribution in [2.45, 2.75) is 6.42 Å². The first kappa shape index (κ1) is 10.2. The first-order valence-electron chi connectivity index (χ1n) is 4.07. The fraction of sp³-hybridized carbons (Fsp3) is 0.200. The van der Waals surface area contributed by atoms with Crippen molar-refractivity contribution in [2.24, 2.45) is 0 Å². The molecular formula is C10H11NO3. The predicted molar refractivity (Wildman–Crippen MR) is 51.6 cm³/mol. The summed E-state index contributed by atoms with van der Waals surface area (Å²) < 4.78 is 4.44. The third kappa shape index (κ3) is 2.58. The van der Waals surface area contributed by atoms with E-state index in [0.29, 0.717) is 5.56 Å². The van der Waals surface area contributed by atoms with Gasteiger partial charge in [-0.3, -0.25) is 4.79 Å². The van der Waals surface area contributed by atoms with E-state index in [2.05, 4.69) is 4.74 Å². The quantitative estimate of drug-likeness (QED) is 0.561. The maximum atomic E-state index is 10.9. The monoisotopic (exact) mass is 193 g/mol. The molecule has 0 heterocycles. The summed E-state index contributed by atoms with van der Waals surface area (Å²) in [5, 5.41) is 16.6. The third-order valence-corrected chi connectivity index (χ3v) is 1.76. The number of carbonyl (C=O) groups is 1. The van der Waals surface area contributed by atoms with Crippen molar-refractivity contribution in [1.29, 1.82) is 5.41 Å². The number of hydrogen-bond acceptors (Lipinski definition) is 4. The van der Waals surface area contributed by atoms with Gasteiger partial charge < -0.3 is 15.3 Å². The molecule has 14 heavy (non-hydrogen) atoms. The van der Waals surface area contributed by atoms with Gasteiger partial charge in [0.05, 0.1) is 13.5 Å². The lowest BCUT2D eigenvalue weighted by Gasteiger charge is -2.02. The molecule has 0 amide bonds. The number of rotatable bonds is 3. The Morgan fingerprint density at radius 3 is 2.50 bits per heavy atom. The van der Waals surface area contributed by atoms with Gasteiger partial charge in [-0.25, -0.2) is 0 Å². The lowest BCUT2D eigenvalue weighted by molar-refractivity contribution is -0.139. The smallest absolute Gasteiger partial charge is 0.311 e. The first-order chi connectivity index (χ1) is 6.63. The average Bonchev–Trinajstić information content (AvgIpc) is 2.18. The number of nitrogens with one attached hydrogen (secondary N) is 1. The van der Waals surface area contributed by atoms with Crippen molar-refractivity contribution >= 4 is 11.7 Å². The van der Waals surface area contributed by atoms with E-state index in [9.17, 15) is 4.79 Å². The molecule has 1 aromatic rings. The van der Waals surface area contributed by atoms with Gasteiger partial charge >= 0.3 is 5.97 Å². The number of esters is 1. The summed E-state index contributed by atoms with van der Waals surface area (Å²) >= 11 is 0. The molecule has 4 heteroatoms. The molecule has 0 bridgehead atoms. The maximum absolute atomic E-state index is 10.9. The molecule has 0 aliphatic heterocycles. The van der Waals surface area contributed by atoms with Gasteiger partial charge in [0.1, 0.15) is 5.75 Å². The summed E-state index contributed by atoms with van der Waals surface area (Å²) in [5.74, 6) is -0.303. The molecular weight excluding hydrogens is 182 g/mol. The molecule has 74 valence electrons. The maximum Gasteiger partial charge on any atom is 0.311 e. The topological polar surface area (TPSA) is 70.4 Å². The lowest BCUT2D eigenvalue weighted by atomic mass is 10.1. The molecule has 0 aliphatic rings. The fourth-order valence-corrected chi connectivity index (χ4v) is 0.981. The highest BCUT2D eigenvalue weighted by Gasteiger charge is 2.07. The molecule has 0 radical (unpaired) electrons. The molecule has 0 unspecified atom stereocenters.